The SMILES string of the molecule is Cc1ccc(CN(C(=O)CN(C)c2ccc(F)cc2)C2CC2)o1. The Morgan fingerprint density at radius 1 is 1.22 bits per heavy atom. The van der Waals surface area contributed by atoms with Gasteiger partial charge in [-0.25, -0.2) is 4.39 Å². The molecule has 5 heteroatoms. The van der Waals surface area contributed by atoms with Gasteiger partial charge in [-0.3, -0.25) is 4.79 Å². The number of halogens is 1. The summed E-state index contributed by atoms with van der Waals surface area (Å²) in [7, 11) is 1.84. The van der Waals surface area contributed by atoms with Crippen LogP contribution in [0.3, 0.4) is 0 Å². The van der Waals surface area contributed by atoms with E-state index in [1.165, 1.54) is 12.1 Å². The summed E-state index contributed by atoms with van der Waals surface area (Å²) in [6.45, 7) is 2.67. The average Bonchev–Trinajstić information content (AvgIpc) is 3.27. The topological polar surface area (TPSA) is 36.7 Å². The van der Waals surface area contributed by atoms with Crippen LogP contribution >= 0.6 is 0 Å². The van der Waals surface area contributed by atoms with Crippen molar-refractivity contribution in [3.05, 3.63) is 53.7 Å². The monoisotopic (exact) mass is 316 g/mol. The number of carbonyl (C=O) groups is 1. The number of likely N-dealkylation sites (N-methyl/N-ethyl adjacent to an activating group) is 1. The molecule has 1 aromatic carbocycles. The van der Waals surface area contributed by atoms with E-state index in [4.69, 9.17) is 4.42 Å². The number of anilines is 1. The molecule has 1 aromatic heterocycles. The number of aryl methyl sites for hydroxylation is 1. The van der Waals surface area contributed by atoms with Gasteiger partial charge in [0.15, 0.2) is 0 Å². The first-order chi connectivity index (χ1) is 11.0. The number of carbonyl (C=O) groups excluding carboxylic acids is 1. The summed E-state index contributed by atoms with van der Waals surface area (Å²) < 4.78 is 18.6. The molecule has 3 rings (SSSR count). The van der Waals surface area contributed by atoms with Crippen LogP contribution in [-0.2, 0) is 11.3 Å². The second kappa shape index (κ2) is 6.44. The molecule has 4 nitrogen and oxygen atoms in total. The summed E-state index contributed by atoms with van der Waals surface area (Å²) in [5.41, 5.74) is 0.823. The van der Waals surface area contributed by atoms with E-state index in [1.807, 2.05) is 35.9 Å². The lowest BCUT2D eigenvalue weighted by Crippen LogP contribution is -2.40. The van der Waals surface area contributed by atoms with Crippen molar-refractivity contribution in [2.45, 2.75) is 32.4 Å². The maximum atomic E-state index is 13.0. The maximum Gasteiger partial charge on any atom is 0.242 e. The normalized spacial score (nSPS) is 13.9. The molecule has 0 bridgehead atoms. The third-order valence-electron chi connectivity index (χ3n) is 4.07. The van der Waals surface area contributed by atoms with Gasteiger partial charge in [0, 0.05) is 18.8 Å². The minimum absolute atomic E-state index is 0.0633. The lowest BCUT2D eigenvalue weighted by molar-refractivity contribution is -0.131. The first kappa shape index (κ1) is 15.6. The molecule has 0 aliphatic heterocycles. The maximum absolute atomic E-state index is 13.0. The smallest absolute Gasteiger partial charge is 0.242 e. The minimum atomic E-state index is -0.277. The molecule has 0 radical (unpaired) electrons. The molecule has 0 spiro atoms. The molecule has 1 aliphatic rings. The zero-order valence-corrected chi connectivity index (χ0v) is 13.5. The van der Waals surface area contributed by atoms with E-state index in [9.17, 15) is 9.18 Å². The van der Waals surface area contributed by atoms with Gasteiger partial charge in [-0.2, -0.15) is 0 Å². The van der Waals surface area contributed by atoms with Gasteiger partial charge in [0.1, 0.15) is 17.3 Å². The summed E-state index contributed by atoms with van der Waals surface area (Å²) >= 11 is 0. The first-order valence-electron chi connectivity index (χ1n) is 7.84. The van der Waals surface area contributed by atoms with Crippen LogP contribution in [0.4, 0.5) is 10.1 Å². The van der Waals surface area contributed by atoms with E-state index in [2.05, 4.69) is 0 Å². The lowest BCUT2D eigenvalue weighted by atomic mass is 10.3. The molecular weight excluding hydrogens is 295 g/mol. The van der Waals surface area contributed by atoms with Gasteiger partial charge >= 0.3 is 0 Å². The van der Waals surface area contributed by atoms with Crippen molar-refractivity contribution >= 4 is 11.6 Å². The standard InChI is InChI=1S/C18H21FN2O2/c1-13-3-10-17(23-13)11-21(16-8-9-16)18(22)12-20(2)15-6-4-14(19)5-7-15/h3-7,10,16H,8-9,11-12H2,1-2H3. The highest BCUT2D eigenvalue weighted by Gasteiger charge is 2.33. The van der Waals surface area contributed by atoms with Crippen molar-refractivity contribution < 1.29 is 13.6 Å². The van der Waals surface area contributed by atoms with Crippen LogP contribution in [0.15, 0.2) is 40.8 Å². The predicted molar refractivity (Wildman–Crippen MR) is 86.7 cm³/mol. The summed E-state index contributed by atoms with van der Waals surface area (Å²) in [5, 5.41) is 0. The van der Waals surface area contributed by atoms with Crippen molar-refractivity contribution in [3.63, 3.8) is 0 Å². The molecule has 23 heavy (non-hydrogen) atoms. The molecule has 2 aromatic rings. The number of rotatable bonds is 6. The Balaban J connectivity index is 1.65. The highest BCUT2D eigenvalue weighted by molar-refractivity contribution is 5.82. The van der Waals surface area contributed by atoms with Crippen LogP contribution in [-0.4, -0.2) is 30.4 Å². The highest BCUT2D eigenvalue weighted by Crippen LogP contribution is 2.29. The zero-order valence-electron chi connectivity index (χ0n) is 13.5. The van der Waals surface area contributed by atoms with Gasteiger partial charge in [-0.15, -0.1) is 0 Å². The van der Waals surface area contributed by atoms with Crippen molar-refractivity contribution in [2.75, 3.05) is 18.5 Å². The Labute approximate surface area is 135 Å². The fourth-order valence-corrected chi connectivity index (χ4v) is 2.63. The van der Waals surface area contributed by atoms with Crippen molar-refractivity contribution in [3.8, 4) is 0 Å². The Morgan fingerprint density at radius 2 is 1.91 bits per heavy atom. The van der Waals surface area contributed by atoms with Gasteiger partial charge in [0.2, 0.25) is 5.91 Å². The van der Waals surface area contributed by atoms with Crippen LogP contribution in [0.2, 0.25) is 0 Å². The lowest BCUT2D eigenvalue weighted by Gasteiger charge is -2.26. The van der Waals surface area contributed by atoms with Gasteiger partial charge in [0.05, 0.1) is 13.1 Å². The molecule has 1 amide bonds. The van der Waals surface area contributed by atoms with E-state index in [0.29, 0.717) is 12.6 Å². The van der Waals surface area contributed by atoms with E-state index in [1.54, 1.807) is 12.1 Å². The van der Waals surface area contributed by atoms with Gasteiger partial charge in [-0.05, 0) is 56.2 Å². The quantitative estimate of drug-likeness (QED) is 0.820. The van der Waals surface area contributed by atoms with Gasteiger partial charge in [-0.1, -0.05) is 0 Å². The molecule has 0 atom stereocenters. The molecule has 1 aliphatic carbocycles. The second-order valence-electron chi connectivity index (χ2n) is 6.10. The fourth-order valence-electron chi connectivity index (χ4n) is 2.63. The fraction of sp³-hybridized carbons (Fsp3) is 0.389. The Kier molecular flexibility index (Phi) is 4.37. The predicted octanol–water partition coefficient (Wildman–Crippen LogP) is 3.35. The Hall–Kier alpha value is -2.30. The molecule has 1 saturated carbocycles. The van der Waals surface area contributed by atoms with Gasteiger partial charge in [0.25, 0.3) is 0 Å². The largest absolute Gasteiger partial charge is 0.464 e. The van der Waals surface area contributed by atoms with Crippen molar-refractivity contribution in [1.29, 1.82) is 0 Å². The van der Waals surface area contributed by atoms with E-state index in [0.717, 1.165) is 30.0 Å². The number of hydrogen-bond acceptors (Lipinski definition) is 3. The molecule has 0 N–H and O–H groups in total. The number of nitrogens with zero attached hydrogens (tertiary/aromatic N) is 2. The molecule has 0 saturated heterocycles. The second-order valence-corrected chi connectivity index (χ2v) is 6.10. The molecular formula is C18H21FN2O2. The van der Waals surface area contributed by atoms with Crippen molar-refractivity contribution in [1.82, 2.24) is 4.90 Å². The molecule has 1 heterocycles. The number of benzene rings is 1. The summed E-state index contributed by atoms with van der Waals surface area (Å²) in [4.78, 5) is 16.4. The molecule has 1 fully saturated rings. The van der Waals surface area contributed by atoms with E-state index < -0.39 is 0 Å². The zero-order chi connectivity index (χ0) is 16.4. The van der Waals surface area contributed by atoms with Crippen LogP contribution in [0.25, 0.3) is 0 Å². The van der Waals surface area contributed by atoms with Crippen LogP contribution in [0.5, 0.6) is 0 Å². The van der Waals surface area contributed by atoms with E-state index in [-0.39, 0.29) is 18.3 Å². The van der Waals surface area contributed by atoms with Crippen LogP contribution < -0.4 is 4.90 Å². The van der Waals surface area contributed by atoms with E-state index >= 15 is 0 Å². The Bertz CT molecular complexity index is 677. The molecule has 0 unspecified atom stereocenters. The number of hydrogen-bond donors (Lipinski definition) is 0. The van der Waals surface area contributed by atoms with Crippen molar-refractivity contribution in [2.24, 2.45) is 0 Å². The van der Waals surface area contributed by atoms with Crippen LogP contribution in [0.1, 0.15) is 24.4 Å². The third-order valence-corrected chi connectivity index (χ3v) is 4.07. The Morgan fingerprint density at radius 3 is 2.48 bits per heavy atom. The minimum Gasteiger partial charge on any atom is -0.464 e. The highest BCUT2D eigenvalue weighted by atomic mass is 19.1. The third kappa shape index (κ3) is 3.92. The average molecular weight is 316 g/mol. The number of amides is 1. The van der Waals surface area contributed by atoms with Gasteiger partial charge < -0.3 is 14.2 Å². The number of furan rings is 1. The summed E-state index contributed by atoms with van der Waals surface area (Å²) in [5.74, 6) is 1.45. The van der Waals surface area contributed by atoms with Crippen LogP contribution in [0, 0.1) is 12.7 Å². The summed E-state index contributed by atoms with van der Waals surface area (Å²) in [6, 6.07) is 10.3. The summed E-state index contributed by atoms with van der Waals surface area (Å²) in [6.07, 6.45) is 2.09. The molecule has 122 valence electrons. The first-order valence-corrected chi connectivity index (χ1v) is 7.84.